The molecule has 1 N–H and O–H groups in total. The summed E-state index contributed by atoms with van der Waals surface area (Å²) in [7, 11) is 0. The van der Waals surface area contributed by atoms with Gasteiger partial charge in [-0.2, -0.15) is 11.3 Å². The van der Waals surface area contributed by atoms with Crippen molar-refractivity contribution in [1.82, 2.24) is 0 Å². The molecule has 80 valence electrons. The fourth-order valence-corrected chi connectivity index (χ4v) is 4.25. The second-order valence-electron chi connectivity index (χ2n) is 2.86. The Kier molecular flexibility index (Phi) is 3.75. The van der Waals surface area contributed by atoms with Gasteiger partial charge in [0.2, 0.25) is 0 Å². The van der Waals surface area contributed by atoms with Crippen LogP contribution >= 0.6 is 61.8 Å². The zero-order valence-electron chi connectivity index (χ0n) is 7.21. The summed E-state index contributed by atoms with van der Waals surface area (Å²) in [4.78, 5) is 0. The highest BCUT2D eigenvalue weighted by molar-refractivity contribution is 9.10. The van der Waals surface area contributed by atoms with E-state index >= 15 is 0 Å². The molecule has 0 fully saturated rings. The van der Waals surface area contributed by atoms with Gasteiger partial charge in [0.25, 0.3) is 0 Å². The van der Waals surface area contributed by atoms with Crippen LogP contribution in [0.4, 0.5) is 0 Å². The molecule has 0 bridgehead atoms. The van der Waals surface area contributed by atoms with Crippen molar-refractivity contribution in [2.45, 2.75) is 6.10 Å². The summed E-state index contributed by atoms with van der Waals surface area (Å²) in [6, 6.07) is 1.70. The smallest absolute Gasteiger partial charge is 0.108 e. The quantitative estimate of drug-likeness (QED) is 0.816. The van der Waals surface area contributed by atoms with Gasteiger partial charge in [-0.15, -0.1) is 11.3 Å². The highest BCUT2D eigenvalue weighted by atomic mass is 79.9. The van der Waals surface area contributed by atoms with E-state index in [1.807, 2.05) is 10.8 Å². The maximum atomic E-state index is 10.1. The predicted molar refractivity (Wildman–Crippen MR) is 70.4 cm³/mol. The molecule has 1 unspecified atom stereocenters. The molecule has 0 saturated carbocycles. The van der Waals surface area contributed by atoms with Gasteiger partial charge in [0.1, 0.15) is 10.4 Å². The minimum Gasteiger partial charge on any atom is -0.383 e. The summed E-state index contributed by atoms with van der Waals surface area (Å²) in [6.45, 7) is 0. The number of hydrogen-bond donors (Lipinski definition) is 1. The third-order valence-electron chi connectivity index (χ3n) is 1.91. The molecule has 2 heterocycles. The minimum atomic E-state index is -0.720. The van der Waals surface area contributed by atoms with E-state index in [9.17, 15) is 5.11 Å². The van der Waals surface area contributed by atoms with Crippen molar-refractivity contribution < 1.29 is 5.11 Å². The summed E-state index contributed by atoms with van der Waals surface area (Å²) < 4.78 is 2.00. The predicted octanol–water partition coefficient (Wildman–Crippen LogP) is 4.96. The summed E-state index contributed by atoms with van der Waals surface area (Å²) >= 11 is 18.0. The lowest BCUT2D eigenvalue weighted by Gasteiger charge is -2.08. The molecule has 0 aliphatic heterocycles. The Morgan fingerprint density at radius 1 is 1.27 bits per heavy atom. The molecule has 6 heteroatoms. The average molecular weight is 344 g/mol. The van der Waals surface area contributed by atoms with E-state index in [-0.39, 0.29) is 0 Å². The highest BCUT2D eigenvalue weighted by Crippen LogP contribution is 2.39. The topological polar surface area (TPSA) is 20.2 Å². The first kappa shape index (κ1) is 11.9. The van der Waals surface area contributed by atoms with Crippen molar-refractivity contribution in [3.8, 4) is 0 Å². The lowest BCUT2D eigenvalue weighted by molar-refractivity contribution is 0.220. The van der Waals surface area contributed by atoms with Crippen LogP contribution < -0.4 is 0 Å². The van der Waals surface area contributed by atoms with E-state index in [2.05, 4.69) is 15.9 Å². The van der Waals surface area contributed by atoms with Crippen LogP contribution in [-0.4, -0.2) is 5.11 Å². The van der Waals surface area contributed by atoms with Gasteiger partial charge in [0, 0.05) is 21.0 Å². The van der Waals surface area contributed by atoms with Crippen molar-refractivity contribution in [1.29, 1.82) is 0 Å². The van der Waals surface area contributed by atoms with Crippen LogP contribution in [0.15, 0.2) is 21.3 Å². The molecule has 0 aliphatic carbocycles. The molecule has 15 heavy (non-hydrogen) atoms. The molecule has 0 aromatic carbocycles. The van der Waals surface area contributed by atoms with E-state index in [4.69, 9.17) is 23.2 Å². The van der Waals surface area contributed by atoms with E-state index in [0.29, 0.717) is 14.2 Å². The van der Waals surface area contributed by atoms with Crippen molar-refractivity contribution >= 4 is 61.8 Å². The second kappa shape index (κ2) is 4.73. The SMILES string of the molecule is OC(c1cscc1Br)c1cc(Cl)sc1Cl. The van der Waals surface area contributed by atoms with Crippen LogP contribution in [0.5, 0.6) is 0 Å². The maximum Gasteiger partial charge on any atom is 0.108 e. The molecular weight excluding hydrogens is 339 g/mol. The molecule has 0 saturated heterocycles. The van der Waals surface area contributed by atoms with Crippen LogP contribution in [0.25, 0.3) is 0 Å². The number of rotatable bonds is 2. The molecule has 1 nitrogen and oxygen atoms in total. The van der Waals surface area contributed by atoms with Crippen molar-refractivity contribution in [2.24, 2.45) is 0 Å². The van der Waals surface area contributed by atoms with Crippen molar-refractivity contribution in [3.05, 3.63) is 41.1 Å². The van der Waals surface area contributed by atoms with Gasteiger partial charge in [-0.25, -0.2) is 0 Å². The molecule has 2 rings (SSSR count). The van der Waals surface area contributed by atoms with Crippen LogP contribution in [0.3, 0.4) is 0 Å². The molecule has 1 atom stereocenters. The lowest BCUT2D eigenvalue weighted by atomic mass is 10.1. The summed E-state index contributed by atoms with van der Waals surface area (Å²) in [5.74, 6) is 0. The summed E-state index contributed by atoms with van der Waals surface area (Å²) in [6.07, 6.45) is -0.720. The van der Waals surface area contributed by atoms with Crippen molar-refractivity contribution in [3.63, 3.8) is 0 Å². The zero-order chi connectivity index (χ0) is 11.0. The lowest BCUT2D eigenvalue weighted by Crippen LogP contribution is -1.97. The molecule has 2 aromatic heterocycles. The number of aliphatic hydroxyl groups is 1. The Morgan fingerprint density at radius 3 is 2.47 bits per heavy atom. The fraction of sp³-hybridized carbons (Fsp3) is 0.111. The monoisotopic (exact) mass is 342 g/mol. The molecule has 0 amide bonds. The minimum absolute atomic E-state index is 0.533. The third kappa shape index (κ3) is 2.40. The Morgan fingerprint density at radius 2 is 2.00 bits per heavy atom. The Hall–Kier alpha value is 0.420. The van der Waals surface area contributed by atoms with Gasteiger partial charge < -0.3 is 5.11 Å². The Labute approximate surface area is 113 Å². The van der Waals surface area contributed by atoms with Crippen LogP contribution in [0.2, 0.25) is 8.67 Å². The first-order valence-electron chi connectivity index (χ1n) is 3.94. The number of aliphatic hydroxyl groups excluding tert-OH is 1. The second-order valence-corrected chi connectivity index (χ2v) is 6.74. The molecule has 2 aromatic rings. The van der Waals surface area contributed by atoms with Crippen molar-refractivity contribution in [2.75, 3.05) is 0 Å². The average Bonchev–Trinajstić information content (AvgIpc) is 2.71. The zero-order valence-corrected chi connectivity index (χ0v) is 11.9. The fourth-order valence-electron chi connectivity index (χ4n) is 1.19. The standard InChI is InChI=1S/C9H5BrCl2OS2/c10-6-3-14-2-5(6)8(13)4-1-7(11)15-9(4)12/h1-3,8,13H. The van der Waals surface area contributed by atoms with E-state index in [0.717, 1.165) is 10.0 Å². The highest BCUT2D eigenvalue weighted by Gasteiger charge is 2.19. The van der Waals surface area contributed by atoms with E-state index in [1.165, 1.54) is 22.7 Å². The maximum absolute atomic E-state index is 10.1. The number of thiophene rings is 2. The molecule has 0 aliphatic rings. The first-order valence-corrected chi connectivity index (χ1v) is 7.25. The van der Waals surface area contributed by atoms with Gasteiger partial charge >= 0.3 is 0 Å². The first-order chi connectivity index (χ1) is 7.09. The van der Waals surface area contributed by atoms with Crippen LogP contribution in [-0.2, 0) is 0 Å². The Bertz CT molecular complexity index is 480. The summed E-state index contributed by atoms with van der Waals surface area (Å²) in [5.41, 5.74) is 1.47. The largest absolute Gasteiger partial charge is 0.383 e. The van der Waals surface area contributed by atoms with Gasteiger partial charge in [-0.3, -0.25) is 0 Å². The number of hydrogen-bond acceptors (Lipinski definition) is 3. The van der Waals surface area contributed by atoms with E-state index in [1.54, 1.807) is 6.07 Å². The summed E-state index contributed by atoms with van der Waals surface area (Å²) in [5, 5.41) is 13.9. The molecule has 0 spiro atoms. The van der Waals surface area contributed by atoms with E-state index < -0.39 is 6.10 Å². The third-order valence-corrected chi connectivity index (χ3v) is 5.18. The van der Waals surface area contributed by atoms with Gasteiger partial charge in [-0.05, 0) is 27.4 Å². The van der Waals surface area contributed by atoms with Crippen LogP contribution in [0.1, 0.15) is 17.2 Å². The normalized spacial score (nSPS) is 13.1. The Balaban J connectivity index is 2.40. The van der Waals surface area contributed by atoms with Gasteiger partial charge in [-0.1, -0.05) is 23.2 Å². The van der Waals surface area contributed by atoms with Gasteiger partial charge in [0.15, 0.2) is 0 Å². The van der Waals surface area contributed by atoms with Crippen LogP contribution in [0, 0.1) is 0 Å². The molecular formula is C9H5BrCl2OS2. The number of halogens is 3. The molecule has 0 radical (unpaired) electrons. The van der Waals surface area contributed by atoms with Gasteiger partial charge in [0.05, 0.1) is 4.34 Å².